The van der Waals surface area contributed by atoms with Crippen LogP contribution in [-0.4, -0.2) is 6.10 Å². The van der Waals surface area contributed by atoms with Gasteiger partial charge in [0.15, 0.2) is 0 Å². The van der Waals surface area contributed by atoms with Crippen LogP contribution in [0.2, 0.25) is 5.02 Å². The van der Waals surface area contributed by atoms with Crippen LogP contribution in [0.3, 0.4) is 0 Å². The van der Waals surface area contributed by atoms with Crippen LogP contribution in [0.5, 0.6) is 5.75 Å². The summed E-state index contributed by atoms with van der Waals surface area (Å²) in [4.78, 5) is 0. The Kier molecular flexibility index (Phi) is 4.00. The van der Waals surface area contributed by atoms with Crippen LogP contribution >= 0.6 is 11.6 Å². The molecule has 0 amide bonds. The van der Waals surface area contributed by atoms with Gasteiger partial charge < -0.3 is 10.5 Å². The number of rotatable bonds is 2. The number of hydrogen-bond acceptors (Lipinski definition) is 2. The van der Waals surface area contributed by atoms with E-state index in [4.69, 9.17) is 22.1 Å². The van der Waals surface area contributed by atoms with Crippen molar-refractivity contribution in [3.63, 3.8) is 0 Å². The maximum absolute atomic E-state index is 13.4. The summed E-state index contributed by atoms with van der Waals surface area (Å²) in [6, 6.07) is 2.68. The smallest absolute Gasteiger partial charge is 0.145 e. The minimum Gasteiger partial charge on any atom is -0.488 e. The second-order valence-corrected chi connectivity index (χ2v) is 5.72. The van der Waals surface area contributed by atoms with Crippen molar-refractivity contribution in [1.82, 2.24) is 0 Å². The molecule has 2 N–H and O–H groups in total. The van der Waals surface area contributed by atoms with Crippen molar-refractivity contribution in [2.45, 2.75) is 39.2 Å². The van der Waals surface area contributed by atoms with E-state index in [0.717, 1.165) is 25.2 Å². The van der Waals surface area contributed by atoms with Crippen LogP contribution in [0, 0.1) is 17.7 Å². The largest absolute Gasteiger partial charge is 0.488 e. The van der Waals surface area contributed by atoms with E-state index >= 15 is 0 Å². The van der Waals surface area contributed by atoms with Crippen molar-refractivity contribution in [3.8, 4) is 5.75 Å². The van der Waals surface area contributed by atoms with Crippen molar-refractivity contribution in [2.75, 3.05) is 5.73 Å². The van der Waals surface area contributed by atoms with Crippen LogP contribution in [-0.2, 0) is 0 Å². The first-order chi connectivity index (χ1) is 8.47. The highest BCUT2D eigenvalue weighted by Gasteiger charge is 2.26. The zero-order valence-corrected chi connectivity index (χ0v) is 11.5. The predicted octanol–water partition coefficient (Wildman–Crippen LogP) is 4.26. The second-order valence-electron chi connectivity index (χ2n) is 5.31. The molecule has 3 unspecified atom stereocenters. The highest BCUT2D eigenvalue weighted by Crippen LogP contribution is 2.34. The normalized spacial score (nSPS) is 28.1. The van der Waals surface area contributed by atoms with Gasteiger partial charge >= 0.3 is 0 Å². The summed E-state index contributed by atoms with van der Waals surface area (Å²) in [5.74, 6) is 1.27. The lowest BCUT2D eigenvalue weighted by molar-refractivity contribution is 0.101. The van der Waals surface area contributed by atoms with E-state index in [1.54, 1.807) is 0 Å². The number of nitrogens with two attached hydrogens (primary N) is 1. The van der Waals surface area contributed by atoms with Crippen LogP contribution in [0.1, 0.15) is 33.1 Å². The quantitative estimate of drug-likeness (QED) is 0.816. The molecule has 2 nitrogen and oxygen atoms in total. The molecule has 1 fully saturated rings. The molecule has 100 valence electrons. The molecule has 0 radical (unpaired) electrons. The molecule has 0 spiro atoms. The fourth-order valence-corrected chi connectivity index (χ4v) is 2.60. The van der Waals surface area contributed by atoms with Gasteiger partial charge in [-0.25, -0.2) is 4.39 Å². The molecule has 0 bridgehead atoms. The van der Waals surface area contributed by atoms with Crippen molar-refractivity contribution in [2.24, 2.45) is 11.8 Å². The topological polar surface area (TPSA) is 35.2 Å². The van der Waals surface area contributed by atoms with Crippen LogP contribution in [0.4, 0.5) is 10.1 Å². The number of anilines is 1. The summed E-state index contributed by atoms with van der Waals surface area (Å²) in [6.07, 6.45) is 3.25. The third kappa shape index (κ3) is 2.89. The average Bonchev–Trinajstić information content (AvgIpc) is 2.31. The van der Waals surface area contributed by atoms with Gasteiger partial charge in [0.05, 0.1) is 16.8 Å². The van der Waals surface area contributed by atoms with E-state index in [9.17, 15) is 4.39 Å². The Labute approximate surface area is 112 Å². The van der Waals surface area contributed by atoms with Gasteiger partial charge in [-0.3, -0.25) is 0 Å². The first-order valence-electron chi connectivity index (χ1n) is 6.38. The predicted molar refractivity (Wildman–Crippen MR) is 72.4 cm³/mol. The molecule has 1 aromatic rings. The summed E-state index contributed by atoms with van der Waals surface area (Å²) in [5, 5.41) is 0.0329. The molecule has 2 rings (SSSR count). The average molecular weight is 272 g/mol. The summed E-state index contributed by atoms with van der Waals surface area (Å²) >= 11 is 5.66. The van der Waals surface area contributed by atoms with Crippen molar-refractivity contribution in [1.29, 1.82) is 0 Å². The molecule has 4 heteroatoms. The molecular formula is C14H19ClFNO. The van der Waals surface area contributed by atoms with Gasteiger partial charge in [0.1, 0.15) is 11.6 Å². The Morgan fingerprint density at radius 3 is 2.67 bits per heavy atom. The van der Waals surface area contributed by atoms with Crippen LogP contribution in [0.25, 0.3) is 0 Å². The number of nitrogen functional groups attached to an aromatic ring is 1. The SMILES string of the molecule is CC1CCC(Oc2cc(F)c(Cl)cc2N)CC1C. The van der Waals surface area contributed by atoms with Gasteiger partial charge in [-0.1, -0.05) is 25.4 Å². The highest BCUT2D eigenvalue weighted by molar-refractivity contribution is 6.31. The lowest BCUT2D eigenvalue weighted by atomic mass is 9.80. The summed E-state index contributed by atoms with van der Waals surface area (Å²) in [5.41, 5.74) is 6.19. The third-order valence-electron chi connectivity index (χ3n) is 3.90. The summed E-state index contributed by atoms with van der Waals surface area (Å²) in [7, 11) is 0. The molecule has 1 saturated carbocycles. The van der Waals surface area contributed by atoms with Crippen LogP contribution in [0.15, 0.2) is 12.1 Å². The first kappa shape index (κ1) is 13.5. The number of benzene rings is 1. The molecule has 1 aliphatic carbocycles. The fourth-order valence-electron chi connectivity index (χ4n) is 2.43. The minimum atomic E-state index is -0.488. The molecule has 3 atom stereocenters. The standard InChI is InChI=1S/C14H19ClFNO/c1-8-3-4-10(5-9(8)2)18-14-7-12(16)11(15)6-13(14)17/h6-10H,3-5,17H2,1-2H3. The number of hydrogen-bond donors (Lipinski definition) is 1. The van der Waals surface area contributed by atoms with Gasteiger partial charge in [0, 0.05) is 6.07 Å². The van der Waals surface area contributed by atoms with Crippen LogP contribution < -0.4 is 10.5 Å². The van der Waals surface area contributed by atoms with E-state index in [1.165, 1.54) is 12.1 Å². The molecule has 0 aliphatic heterocycles. The highest BCUT2D eigenvalue weighted by atomic mass is 35.5. The van der Waals surface area contributed by atoms with E-state index in [-0.39, 0.29) is 11.1 Å². The molecule has 1 aliphatic rings. The van der Waals surface area contributed by atoms with E-state index in [1.807, 2.05) is 0 Å². The van der Waals surface area contributed by atoms with Gasteiger partial charge in [-0.15, -0.1) is 0 Å². The van der Waals surface area contributed by atoms with E-state index < -0.39 is 5.82 Å². The molecule has 1 aromatic carbocycles. The first-order valence-corrected chi connectivity index (χ1v) is 6.76. The Morgan fingerprint density at radius 1 is 1.28 bits per heavy atom. The zero-order chi connectivity index (χ0) is 13.3. The molecule has 0 saturated heterocycles. The van der Waals surface area contributed by atoms with Gasteiger partial charge in [-0.05, 0) is 37.2 Å². The second kappa shape index (κ2) is 5.35. The molecule has 18 heavy (non-hydrogen) atoms. The van der Waals surface area contributed by atoms with Gasteiger partial charge in [0.25, 0.3) is 0 Å². The Balaban J connectivity index is 2.08. The molecule has 0 aromatic heterocycles. The monoisotopic (exact) mass is 271 g/mol. The zero-order valence-electron chi connectivity index (χ0n) is 10.7. The van der Waals surface area contributed by atoms with Crippen molar-refractivity contribution >= 4 is 17.3 Å². The fraction of sp³-hybridized carbons (Fsp3) is 0.571. The Hall–Kier alpha value is -0.960. The van der Waals surface area contributed by atoms with Crippen molar-refractivity contribution < 1.29 is 9.13 Å². The van der Waals surface area contributed by atoms with Gasteiger partial charge in [-0.2, -0.15) is 0 Å². The minimum absolute atomic E-state index is 0.0329. The number of halogens is 2. The van der Waals surface area contributed by atoms with Crippen molar-refractivity contribution in [3.05, 3.63) is 23.0 Å². The third-order valence-corrected chi connectivity index (χ3v) is 4.19. The summed E-state index contributed by atoms with van der Waals surface area (Å²) < 4.78 is 19.2. The lowest BCUT2D eigenvalue weighted by Crippen LogP contribution is -2.29. The van der Waals surface area contributed by atoms with E-state index in [0.29, 0.717) is 17.4 Å². The van der Waals surface area contributed by atoms with Gasteiger partial charge in [0.2, 0.25) is 0 Å². The Morgan fingerprint density at radius 2 is 2.00 bits per heavy atom. The molecule has 0 heterocycles. The number of ether oxygens (including phenoxy) is 1. The maximum Gasteiger partial charge on any atom is 0.145 e. The lowest BCUT2D eigenvalue weighted by Gasteiger charge is -2.32. The molecular weight excluding hydrogens is 253 g/mol. The van der Waals surface area contributed by atoms with E-state index in [2.05, 4.69) is 13.8 Å². The summed E-state index contributed by atoms with van der Waals surface area (Å²) in [6.45, 7) is 4.49. The maximum atomic E-state index is 13.4. The Bertz CT molecular complexity index is 438.